The monoisotopic (exact) mass is 129 g/mol. The van der Waals surface area contributed by atoms with E-state index < -0.39 is 0 Å². The minimum absolute atomic E-state index is 0.502. The lowest BCUT2D eigenvalue weighted by atomic mass is 10.4. The first-order chi connectivity index (χ1) is 3.84. The highest BCUT2D eigenvalue weighted by Crippen LogP contribution is 2.05. The SMILES string of the molecule is Cc1snnc1CN. The Morgan fingerprint density at radius 2 is 2.50 bits per heavy atom. The summed E-state index contributed by atoms with van der Waals surface area (Å²) in [5.41, 5.74) is 6.21. The van der Waals surface area contributed by atoms with E-state index in [1.807, 2.05) is 6.92 Å². The van der Waals surface area contributed by atoms with E-state index in [9.17, 15) is 0 Å². The van der Waals surface area contributed by atoms with Gasteiger partial charge in [-0.2, -0.15) is 0 Å². The second kappa shape index (κ2) is 2.19. The smallest absolute Gasteiger partial charge is 0.0920 e. The van der Waals surface area contributed by atoms with Crippen molar-refractivity contribution >= 4 is 11.5 Å². The Morgan fingerprint density at radius 1 is 1.75 bits per heavy atom. The molecule has 0 bridgehead atoms. The van der Waals surface area contributed by atoms with Crippen molar-refractivity contribution < 1.29 is 0 Å². The molecule has 1 aromatic heterocycles. The standard InChI is InChI=1S/C4H7N3S/c1-3-4(2-5)6-7-8-3/h2,5H2,1H3. The lowest BCUT2D eigenvalue weighted by Gasteiger charge is -1.83. The average Bonchev–Trinajstić information content (AvgIpc) is 2.14. The molecule has 44 valence electrons. The van der Waals surface area contributed by atoms with Gasteiger partial charge in [0.15, 0.2) is 0 Å². The van der Waals surface area contributed by atoms with Crippen molar-refractivity contribution in [3.05, 3.63) is 10.6 Å². The number of rotatable bonds is 1. The molecule has 1 aromatic rings. The zero-order chi connectivity index (χ0) is 5.98. The van der Waals surface area contributed by atoms with Crippen LogP contribution in [0.5, 0.6) is 0 Å². The molecule has 0 amide bonds. The first-order valence-corrected chi connectivity index (χ1v) is 3.10. The molecule has 0 unspecified atom stereocenters. The molecule has 0 fully saturated rings. The largest absolute Gasteiger partial charge is 0.325 e. The Balaban J connectivity index is 2.92. The van der Waals surface area contributed by atoms with Crippen LogP contribution >= 0.6 is 11.5 Å². The van der Waals surface area contributed by atoms with Crippen molar-refractivity contribution in [3.63, 3.8) is 0 Å². The van der Waals surface area contributed by atoms with Crippen LogP contribution in [0.1, 0.15) is 10.6 Å². The average molecular weight is 129 g/mol. The fourth-order valence-electron chi connectivity index (χ4n) is 0.439. The van der Waals surface area contributed by atoms with Crippen LogP contribution in [-0.4, -0.2) is 9.59 Å². The molecule has 0 saturated heterocycles. The molecule has 0 aliphatic carbocycles. The lowest BCUT2D eigenvalue weighted by molar-refractivity contribution is 0.947. The topological polar surface area (TPSA) is 51.8 Å². The van der Waals surface area contributed by atoms with Crippen LogP contribution in [0.2, 0.25) is 0 Å². The van der Waals surface area contributed by atoms with E-state index in [-0.39, 0.29) is 0 Å². The van der Waals surface area contributed by atoms with Crippen LogP contribution in [0.15, 0.2) is 0 Å². The molecular formula is C4H7N3S. The third-order valence-corrected chi connectivity index (χ3v) is 1.61. The van der Waals surface area contributed by atoms with Gasteiger partial charge in [-0.05, 0) is 18.5 Å². The summed E-state index contributed by atoms with van der Waals surface area (Å²) in [6.07, 6.45) is 0. The molecule has 0 aliphatic rings. The first-order valence-electron chi connectivity index (χ1n) is 2.32. The van der Waals surface area contributed by atoms with Gasteiger partial charge in [0.1, 0.15) is 0 Å². The Bertz CT molecular complexity index is 172. The van der Waals surface area contributed by atoms with Gasteiger partial charge < -0.3 is 5.73 Å². The van der Waals surface area contributed by atoms with E-state index >= 15 is 0 Å². The molecule has 8 heavy (non-hydrogen) atoms. The van der Waals surface area contributed by atoms with Crippen LogP contribution < -0.4 is 5.73 Å². The zero-order valence-electron chi connectivity index (χ0n) is 4.59. The van der Waals surface area contributed by atoms with Crippen LogP contribution in [0.4, 0.5) is 0 Å². The second-order valence-electron chi connectivity index (χ2n) is 1.48. The summed E-state index contributed by atoms with van der Waals surface area (Å²) < 4.78 is 3.70. The van der Waals surface area contributed by atoms with Gasteiger partial charge in [0.25, 0.3) is 0 Å². The highest BCUT2D eigenvalue weighted by Gasteiger charge is 1.96. The van der Waals surface area contributed by atoms with Crippen molar-refractivity contribution in [2.24, 2.45) is 5.73 Å². The maximum absolute atomic E-state index is 5.30. The molecule has 0 saturated carbocycles. The van der Waals surface area contributed by atoms with Crippen molar-refractivity contribution in [3.8, 4) is 0 Å². The van der Waals surface area contributed by atoms with Gasteiger partial charge >= 0.3 is 0 Å². The van der Waals surface area contributed by atoms with Crippen molar-refractivity contribution in [2.45, 2.75) is 13.5 Å². The molecule has 2 N–H and O–H groups in total. The van der Waals surface area contributed by atoms with Crippen molar-refractivity contribution in [1.29, 1.82) is 0 Å². The summed E-state index contributed by atoms with van der Waals surface area (Å²) in [4.78, 5) is 1.12. The van der Waals surface area contributed by atoms with Gasteiger partial charge in [0, 0.05) is 11.4 Å². The Labute approximate surface area is 51.7 Å². The summed E-state index contributed by atoms with van der Waals surface area (Å²) in [5, 5.41) is 3.78. The van der Waals surface area contributed by atoms with Gasteiger partial charge in [-0.15, -0.1) is 5.10 Å². The summed E-state index contributed by atoms with van der Waals surface area (Å²) in [6, 6.07) is 0. The van der Waals surface area contributed by atoms with Crippen LogP contribution in [0.3, 0.4) is 0 Å². The predicted octanol–water partition coefficient (Wildman–Crippen LogP) is 0.305. The zero-order valence-corrected chi connectivity index (χ0v) is 5.40. The first kappa shape index (κ1) is 5.65. The molecule has 4 heteroatoms. The Kier molecular flexibility index (Phi) is 1.55. The number of nitrogens with two attached hydrogens (primary N) is 1. The third-order valence-electron chi connectivity index (χ3n) is 0.939. The van der Waals surface area contributed by atoms with Gasteiger partial charge in [-0.3, -0.25) is 0 Å². The summed E-state index contributed by atoms with van der Waals surface area (Å²) in [6.45, 7) is 2.47. The molecule has 3 nitrogen and oxygen atoms in total. The fourth-order valence-corrected chi connectivity index (χ4v) is 0.930. The molecule has 0 atom stereocenters. The predicted molar refractivity (Wildman–Crippen MR) is 32.5 cm³/mol. The number of aryl methyl sites for hydroxylation is 1. The molecule has 1 heterocycles. The van der Waals surface area contributed by atoms with Crippen molar-refractivity contribution in [1.82, 2.24) is 9.59 Å². The molecular weight excluding hydrogens is 122 g/mol. The number of hydrogen-bond donors (Lipinski definition) is 1. The van der Waals surface area contributed by atoms with E-state index in [2.05, 4.69) is 9.59 Å². The fraction of sp³-hybridized carbons (Fsp3) is 0.500. The number of hydrogen-bond acceptors (Lipinski definition) is 4. The maximum atomic E-state index is 5.30. The van der Waals surface area contributed by atoms with Crippen molar-refractivity contribution in [2.75, 3.05) is 0 Å². The van der Waals surface area contributed by atoms with E-state index in [1.165, 1.54) is 11.5 Å². The van der Waals surface area contributed by atoms with Gasteiger partial charge in [0.05, 0.1) is 5.69 Å². The minimum atomic E-state index is 0.502. The molecule has 0 radical (unpaired) electrons. The van der Waals surface area contributed by atoms with E-state index in [0.717, 1.165) is 10.6 Å². The molecule has 0 aliphatic heterocycles. The highest BCUT2D eigenvalue weighted by molar-refractivity contribution is 7.05. The quantitative estimate of drug-likeness (QED) is 0.593. The second-order valence-corrected chi connectivity index (χ2v) is 2.44. The van der Waals surface area contributed by atoms with Gasteiger partial charge in [-0.25, -0.2) is 0 Å². The van der Waals surface area contributed by atoms with Gasteiger partial charge in [0.2, 0.25) is 0 Å². The van der Waals surface area contributed by atoms with E-state index in [1.54, 1.807) is 0 Å². The Morgan fingerprint density at radius 3 is 2.75 bits per heavy atom. The molecule has 0 aromatic carbocycles. The van der Waals surface area contributed by atoms with E-state index in [0.29, 0.717) is 6.54 Å². The lowest BCUT2D eigenvalue weighted by Crippen LogP contribution is -1.97. The number of nitrogens with zero attached hydrogens (tertiary/aromatic N) is 2. The normalized spacial score (nSPS) is 9.75. The van der Waals surface area contributed by atoms with Gasteiger partial charge in [-0.1, -0.05) is 4.49 Å². The maximum Gasteiger partial charge on any atom is 0.0920 e. The van der Waals surface area contributed by atoms with Crippen LogP contribution in [0, 0.1) is 6.92 Å². The van der Waals surface area contributed by atoms with Crippen LogP contribution in [-0.2, 0) is 6.54 Å². The third kappa shape index (κ3) is 0.850. The summed E-state index contributed by atoms with van der Waals surface area (Å²) in [5.74, 6) is 0. The highest BCUT2D eigenvalue weighted by atomic mass is 32.1. The summed E-state index contributed by atoms with van der Waals surface area (Å²) >= 11 is 1.39. The minimum Gasteiger partial charge on any atom is -0.325 e. The summed E-state index contributed by atoms with van der Waals surface area (Å²) in [7, 11) is 0. The Hall–Kier alpha value is -0.480. The molecule has 1 rings (SSSR count). The molecule has 0 spiro atoms. The van der Waals surface area contributed by atoms with Crippen LogP contribution in [0.25, 0.3) is 0 Å². The number of aromatic nitrogens is 2. The van der Waals surface area contributed by atoms with E-state index in [4.69, 9.17) is 5.73 Å².